The fraction of sp³-hybridized carbons (Fsp3) is 0.273. The molecule has 3 nitrogen and oxygen atoms in total. The zero-order valence-corrected chi connectivity index (χ0v) is 9.43. The van der Waals surface area contributed by atoms with Gasteiger partial charge in [-0.1, -0.05) is 17.8 Å². The highest BCUT2D eigenvalue weighted by Crippen LogP contribution is 2.20. The number of hydrogen-bond donors (Lipinski definition) is 0. The molecule has 2 aromatic rings. The molecule has 0 bridgehead atoms. The average molecular weight is 221 g/mol. The number of rotatable bonds is 2. The highest BCUT2D eigenvalue weighted by atomic mass is 32.2. The molecule has 0 amide bonds. The smallest absolute Gasteiger partial charge is 0.205 e. The minimum atomic E-state index is 0.0773. The van der Waals surface area contributed by atoms with E-state index in [4.69, 9.17) is 4.42 Å². The van der Waals surface area contributed by atoms with Gasteiger partial charge < -0.3 is 4.42 Å². The molecule has 0 radical (unpaired) electrons. The Bertz CT molecular complexity index is 504. The van der Waals surface area contributed by atoms with E-state index in [0.717, 1.165) is 16.7 Å². The van der Waals surface area contributed by atoms with Crippen molar-refractivity contribution >= 4 is 28.0 Å². The summed E-state index contributed by atoms with van der Waals surface area (Å²) in [4.78, 5) is 15.1. The molecule has 0 aliphatic rings. The van der Waals surface area contributed by atoms with Crippen molar-refractivity contribution in [2.24, 2.45) is 0 Å². The molecule has 1 aromatic heterocycles. The van der Waals surface area contributed by atoms with Gasteiger partial charge in [-0.3, -0.25) is 4.79 Å². The molecule has 0 N–H and O–H groups in total. The number of carbonyl (C=O) groups is 1. The molecule has 15 heavy (non-hydrogen) atoms. The summed E-state index contributed by atoms with van der Waals surface area (Å²) in [6.07, 6.45) is 0. The average Bonchev–Trinajstić information content (AvgIpc) is 2.56. The number of fused-ring (bicyclic) bond motifs is 1. The molecule has 0 spiro atoms. The number of hydrogen-bond acceptors (Lipinski definition) is 4. The van der Waals surface area contributed by atoms with Crippen molar-refractivity contribution in [2.75, 3.05) is 0 Å². The maximum absolute atomic E-state index is 10.8. The van der Waals surface area contributed by atoms with Crippen LogP contribution in [0.1, 0.15) is 18.4 Å². The van der Waals surface area contributed by atoms with Gasteiger partial charge in [0.1, 0.15) is 5.52 Å². The molecular weight excluding hydrogens is 210 g/mol. The molecule has 2 rings (SSSR count). The van der Waals surface area contributed by atoms with Crippen LogP contribution in [0.5, 0.6) is 0 Å². The Hall–Kier alpha value is -1.29. The molecule has 4 heteroatoms. The minimum Gasteiger partial charge on any atom is -0.440 e. The standard InChI is InChI=1S/C11H11NO2S/c1-7-3-4-10-9(5-7)12-11(14-10)6-15-8(2)13/h3-5H,6H2,1-2H3. The summed E-state index contributed by atoms with van der Waals surface area (Å²) in [6, 6.07) is 5.86. The molecule has 78 valence electrons. The van der Waals surface area contributed by atoms with E-state index in [1.807, 2.05) is 25.1 Å². The number of oxazole rings is 1. The molecule has 0 aliphatic heterocycles. The second kappa shape index (κ2) is 4.06. The van der Waals surface area contributed by atoms with Crippen LogP contribution in [0.3, 0.4) is 0 Å². The Morgan fingerprint density at radius 3 is 3.07 bits per heavy atom. The summed E-state index contributed by atoms with van der Waals surface area (Å²) in [7, 11) is 0. The van der Waals surface area contributed by atoms with Crippen molar-refractivity contribution in [1.29, 1.82) is 0 Å². The molecule has 0 atom stereocenters. The second-order valence-electron chi connectivity index (χ2n) is 3.36. The second-order valence-corrected chi connectivity index (χ2v) is 4.51. The van der Waals surface area contributed by atoms with Gasteiger partial charge in [-0.15, -0.1) is 0 Å². The summed E-state index contributed by atoms with van der Waals surface area (Å²) < 4.78 is 5.49. The molecule has 0 unspecified atom stereocenters. The first kappa shape index (κ1) is 10.2. The van der Waals surface area contributed by atoms with Gasteiger partial charge in [0.05, 0.1) is 5.75 Å². The lowest BCUT2D eigenvalue weighted by molar-refractivity contribution is -0.109. The molecular formula is C11H11NO2S. The van der Waals surface area contributed by atoms with Crippen LogP contribution in [0.2, 0.25) is 0 Å². The summed E-state index contributed by atoms with van der Waals surface area (Å²) in [6.45, 7) is 3.55. The summed E-state index contributed by atoms with van der Waals surface area (Å²) >= 11 is 1.21. The van der Waals surface area contributed by atoms with Crippen LogP contribution in [0.25, 0.3) is 11.1 Å². The SMILES string of the molecule is CC(=O)SCc1nc2cc(C)ccc2o1. The van der Waals surface area contributed by atoms with Crippen LogP contribution in [0, 0.1) is 6.92 Å². The Morgan fingerprint density at radius 2 is 2.33 bits per heavy atom. The Morgan fingerprint density at radius 1 is 1.53 bits per heavy atom. The van der Waals surface area contributed by atoms with E-state index in [0.29, 0.717) is 11.6 Å². The molecule has 1 heterocycles. The van der Waals surface area contributed by atoms with E-state index in [2.05, 4.69) is 4.98 Å². The number of aromatic nitrogens is 1. The third-order valence-corrected chi connectivity index (χ3v) is 2.78. The van der Waals surface area contributed by atoms with Crippen LogP contribution < -0.4 is 0 Å². The zero-order chi connectivity index (χ0) is 10.8. The van der Waals surface area contributed by atoms with Crippen LogP contribution >= 0.6 is 11.8 Å². The highest BCUT2D eigenvalue weighted by Gasteiger charge is 2.06. The fourth-order valence-corrected chi connectivity index (χ4v) is 1.76. The van der Waals surface area contributed by atoms with E-state index in [1.54, 1.807) is 0 Å². The van der Waals surface area contributed by atoms with E-state index >= 15 is 0 Å². The van der Waals surface area contributed by atoms with Crippen LogP contribution in [0.4, 0.5) is 0 Å². The monoisotopic (exact) mass is 221 g/mol. The number of nitrogens with zero attached hydrogens (tertiary/aromatic N) is 1. The van der Waals surface area contributed by atoms with E-state index in [9.17, 15) is 4.79 Å². The third-order valence-electron chi connectivity index (χ3n) is 1.99. The lowest BCUT2D eigenvalue weighted by Gasteiger charge is -1.89. The van der Waals surface area contributed by atoms with Gasteiger partial charge in [-0.2, -0.15) is 0 Å². The highest BCUT2D eigenvalue weighted by molar-refractivity contribution is 8.12. The summed E-state index contributed by atoms with van der Waals surface area (Å²) in [5.74, 6) is 1.11. The lowest BCUT2D eigenvalue weighted by Crippen LogP contribution is -1.84. The van der Waals surface area contributed by atoms with Gasteiger partial charge in [0.15, 0.2) is 10.7 Å². The fourth-order valence-electron chi connectivity index (χ4n) is 1.31. The largest absolute Gasteiger partial charge is 0.440 e. The maximum atomic E-state index is 10.8. The quantitative estimate of drug-likeness (QED) is 0.782. The van der Waals surface area contributed by atoms with Crippen molar-refractivity contribution in [3.63, 3.8) is 0 Å². The van der Waals surface area contributed by atoms with Crippen molar-refractivity contribution in [1.82, 2.24) is 4.98 Å². The summed E-state index contributed by atoms with van der Waals surface area (Å²) in [5.41, 5.74) is 2.79. The molecule has 1 aromatic carbocycles. The van der Waals surface area contributed by atoms with Gasteiger partial charge >= 0.3 is 0 Å². The van der Waals surface area contributed by atoms with Gasteiger partial charge in [-0.25, -0.2) is 4.98 Å². The van der Waals surface area contributed by atoms with Crippen LogP contribution in [-0.4, -0.2) is 10.1 Å². The molecule has 0 saturated heterocycles. The van der Waals surface area contributed by atoms with Gasteiger partial charge in [-0.05, 0) is 24.6 Å². The Kier molecular flexibility index (Phi) is 2.77. The maximum Gasteiger partial charge on any atom is 0.205 e. The Balaban J connectivity index is 2.27. The number of aryl methyl sites for hydroxylation is 1. The first-order valence-corrected chi connectivity index (χ1v) is 5.63. The van der Waals surface area contributed by atoms with E-state index in [-0.39, 0.29) is 5.12 Å². The third kappa shape index (κ3) is 2.39. The zero-order valence-electron chi connectivity index (χ0n) is 8.61. The topological polar surface area (TPSA) is 43.1 Å². The summed E-state index contributed by atoms with van der Waals surface area (Å²) in [5, 5.41) is 0.0773. The van der Waals surface area contributed by atoms with E-state index in [1.165, 1.54) is 18.7 Å². The molecule has 0 fully saturated rings. The predicted octanol–water partition coefficient (Wildman–Crippen LogP) is 2.92. The first-order chi connectivity index (χ1) is 7.15. The van der Waals surface area contributed by atoms with Gasteiger partial charge in [0, 0.05) is 6.92 Å². The molecule has 0 aliphatic carbocycles. The van der Waals surface area contributed by atoms with Crippen molar-refractivity contribution in [2.45, 2.75) is 19.6 Å². The Labute approximate surface area is 91.9 Å². The minimum absolute atomic E-state index is 0.0773. The lowest BCUT2D eigenvalue weighted by atomic mass is 10.2. The van der Waals surface area contributed by atoms with Crippen molar-refractivity contribution < 1.29 is 9.21 Å². The molecule has 0 saturated carbocycles. The van der Waals surface area contributed by atoms with Crippen LogP contribution in [-0.2, 0) is 10.5 Å². The number of carbonyl (C=O) groups excluding carboxylic acids is 1. The first-order valence-electron chi connectivity index (χ1n) is 4.64. The van der Waals surface area contributed by atoms with Gasteiger partial charge in [0.25, 0.3) is 0 Å². The predicted molar refractivity (Wildman–Crippen MR) is 60.7 cm³/mol. The van der Waals surface area contributed by atoms with Gasteiger partial charge in [0.2, 0.25) is 5.89 Å². The van der Waals surface area contributed by atoms with Crippen molar-refractivity contribution in [3.8, 4) is 0 Å². The van der Waals surface area contributed by atoms with E-state index < -0.39 is 0 Å². The number of benzene rings is 1. The van der Waals surface area contributed by atoms with Crippen molar-refractivity contribution in [3.05, 3.63) is 29.7 Å². The number of thioether (sulfide) groups is 1. The van der Waals surface area contributed by atoms with Crippen LogP contribution in [0.15, 0.2) is 22.6 Å². The normalized spacial score (nSPS) is 10.8.